The van der Waals surface area contributed by atoms with Crippen molar-refractivity contribution in [2.24, 2.45) is 0 Å². The highest BCUT2D eigenvalue weighted by molar-refractivity contribution is 5.99. The molecule has 0 radical (unpaired) electrons. The average molecular weight is 675 g/mol. The molecule has 5 rings (SSSR count). The summed E-state index contributed by atoms with van der Waals surface area (Å²) in [5.41, 5.74) is -10.9. The van der Waals surface area contributed by atoms with Gasteiger partial charge in [-0.2, -0.15) is 31.4 Å². The Morgan fingerprint density at radius 2 is 1.74 bits per heavy atom. The number of hydrogen-bond acceptors (Lipinski definition) is 7. The van der Waals surface area contributed by atoms with Gasteiger partial charge in [0.05, 0.1) is 36.0 Å². The molecular weight excluding hydrogens is 651 g/mol. The fourth-order valence-electron chi connectivity index (χ4n) is 5.08. The van der Waals surface area contributed by atoms with Gasteiger partial charge in [-0.3, -0.25) is 4.79 Å². The zero-order valence-electron chi connectivity index (χ0n) is 24.3. The molecule has 1 aliphatic heterocycles. The second-order valence-corrected chi connectivity index (χ2v) is 10.9. The Morgan fingerprint density at radius 3 is 2.36 bits per heavy atom. The number of amides is 1. The Labute approximate surface area is 259 Å². The quantitative estimate of drug-likeness (QED) is 0.224. The van der Waals surface area contributed by atoms with Crippen LogP contribution >= 0.6 is 0 Å². The molecule has 0 bridgehead atoms. The van der Waals surface area contributed by atoms with E-state index in [9.17, 15) is 49.4 Å². The lowest BCUT2D eigenvalue weighted by Crippen LogP contribution is -2.51. The minimum Gasteiger partial charge on any atom is -0.494 e. The van der Waals surface area contributed by atoms with E-state index in [1.54, 1.807) is 6.92 Å². The first-order valence-electron chi connectivity index (χ1n) is 13.5. The number of fused-ring (bicyclic) bond motifs is 2. The molecule has 0 unspecified atom stereocenters. The molecule has 1 aliphatic rings. The first-order valence-corrected chi connectivity index (χ1v) is 13.5. The van der Waals surface area contributed by atoms with Crippen molar-refractivity contribution in [2.45, 2.75) is 30.3 Å². The van der Waals surface area contributed by atoms with Gasteiger partial charge in [0.15, 0.2) is 0 Å². The zero-order chi connectivity index (χ0) is 34.5. The van der Waals surface area contributed by atoms with Crippen LogP contribution in [0.2, 0.25) is 0 Å². The van der Waals surface area contributed by atoms with Crippen molar-refractivity contribution in [3.05, 3.63) is 76.4 Å². The van der Waals surface area contributed by atoms with Gasteiger partial charge in [0.2, 0.25) is 5.60 Å². The van der Waals surface area contributed by atoms with Crippen molar-refractivity contribution in [2.75, 3.05) is 33.6 Å². The van der Waals surface area contributed by atoms with E-state index in [2.05, 4.69) is 15.2 Å². The molecule has 8 nitrogen and oxygen atoms in total. The number of ether oxygens (including phenoxy) is 2. The minimum atomic E-state index is -5.62. The summed E-state index contributed by atoms with van der Waals surface area (Å²) in [6, 6.07) is 5.89. The van der Waals surface area contributed by atoms with Crippen LogP contribution in [0.25, 0.3) is 22.2 Å². The second kappa shape index (κ2) is 11.8. The lowest BCUT2D eigenvalue weighted by molar-refractivity contribution is -0.265. The van der Waals surface area contributed by atoms with Gasteiger partial charge in [0, 0.05) is 22.1 Å². The van der Waals surface area contributed by atoms with Crippen LogP contribution in [0.3, 0.4) is 0 Å². The van der Waals surface area contributed by atoms with Crippen LogP contribution in [-0.2, 0) is 17.2 Å². The van der Waals surface area contributed by atoms with Crippen molar-refractivity contribution in [3.8, 4) is 22.8 Å². The SMILES string of the molecule is COc1cc(C(=O)NC[C@](O)(c2cc3c(c(-c4ccc(F)c(C(F)(F)F)c4)n2)OCC3(CF)CF)C(F)(F)F)cc2cc(C)nnc12. The van der Waals surface area contributed by atoms with E-state index in [0.717, 1.165) is 6.07 Å². The van der Waals surface area contributed by atoms with Crippen molar-refractivity contribution >= 4 is 16.8 Å². The van der Waals surface area contributed by atoms with Crippen LogP contribution in [0.15, 0.2) is 42.5 Å². The van der Waals surface area contributed by atoms with Gasteiger partial charge in [-0.05, 0) is 49.4 Å². The first kappa shape index (κ1) is 33.7. The van der Waals surface area contributed by atoms with E-state index in [0.29, 0.717) is 23.2 Å². The Bertz CT molecular complexity index is 1860. The van der Waals surface area contributed by atoms with E-state index in [1.165, 1.54) is 25.3 Å². The molecule has 0 spiro atoms. The van der Waals surface area contributed by atoms with E-state index < -0.39 is 95.4 Å². The molecule has 2 aromatic carbocycles. The van der Waals surface area contributed by atoms with Crippen LogP contribution in [0, 0.1) is 12.7 Å². The summed E-state index contributed by atoms with van der Waals surface area (Å²) in [5.74, 6) is -3.33. The highest BCUT2D eigenvalue weighted by Gasteiger charge is 2.58. The van der Waals surface area contributed by atoms with Gasteiger partial charge in [-0.15, -0.1) is 5.10 Å². The highest BCUT2D eigenvalue weighted by atomic mass is 19.4. The molecule has 250 valence electrons. The standard InChI is InChI=1S/C30H23F9N4O4/c1-14-5-16-6-17(8-21(46-2)23(16)43-42-14)26(44)40-12-28(45,30(37,38)39)22-9-19-25(47-13-27(19,10-31)11-32)24(41-22)15-3-4-20(33)18(7-15)29(34,35)36/h3-9,45H,10-13H2,1-2H3,(H,40,44)/t28-/m0/s1. The van der Waals surface area contributed by atoms with Gasteiger partial charge in [-0.1, -0.05) is 0 Å². The zero-order valence-corrected chi connectivity index (χ0v) is 24.3. The molecule has 1 amide bonds. The number of aromatic nitrogens is 3. The van der Waals surface area contributed by atoms with E-state index >= 15 is 0 Å². The molecular formula is C30H23F9N4O4. The van der Waals surface area contributed by atoms with Crippen LogP contribution in [0.5, 0.6) is 11.5 Å². The maximum Gasteiger partial charge on any atom is 0.424 e. The Kier molecular flexibility index (Phi) is 8.49. The van der Waals surface area contributed by atoms with Crippen LogP contribution in [0.1, 0.15) is 32.9 Å². The first-order chi connectivity index (χ1) is 22.0. The number of aryl methyl sites for hydroxylation is 1. The number of carbonyl (C=O) groups is 1. The van der Waals surface area contributed by atoms with Crippen LogP contribution in [0.4, 0.5) is 39.5 Å². The molecule has 0 saturated carbocycles. The number of methoxy groups -OCH3 is 1. The number of carbonyl (C=O) groups excluding carboxylic acids is 1. The predicted molar refractivity (Wildman–Crippen MR) is 147 cm³/mol. The molecule has 2 N–H and O–H groups in total. The lowest BCUT2D eigenvalue weighted by Gasteiger charge is -2.31. The number of pyridine rings is 1. The highest BCUT2D eigenvalue weighted by Crippen LogP contribution is 2.49. The monoisotopic (exact) mass is 674 g/mol. The third-order valence-corrected chi connectivity index (χ3v) is 7.75. The number of aliphatic hydroxyl groups is 1. The van der Waals surface area contributed by atoms with Crippen molar-refractivity contribution in [3.63, 3.8) is 0 Å². The fraction of sp³-hybridized carbons (Fsp3) is 0.333. The summed E-state index contributed by atoms with van der Waals surface area (Å²) in [4.78, 5) is 16.9. The van der Waals surface area contributed by atoms with Crippen molar-refractivity contribution in [1.82, 2.24) is 20.5 Å². The predicted octanol–water partition coefficient (Wildman–Crippen LogP) is 5.92. The summed E-state index contributed by atoms with van der Waals surface area (Å²) in [5, 5.41) is 21.3. The Balaban J connectivity index is 1.63. The molecule has 0 fully saturated rings. The van der Waals surface area contributed by atoms with E-state index in [4.69, 9.17) is 9.47 Å². The third-order valence-electron chi connectivity index (χ3n) is 7.75. The van der Waals surface area contributed by atoms with Crippen LogP contribution in [-0.4, -0.2) is 66.0 Å². The summed E-state index contributed by atoms with van der Waals surface area (Å²) in [7, 11) is 1.26. The molecule has 3 heterocycles. The number of benzene rings is 2. The van der Waals surface area contributed by atoms with Gasteiger partial charge < -0.3 is 19.9 Å². The minimum absolute atomic E-state index is 0.0578. The summed E-state index contributed by atoms with van der Waals surface area (Å²) < 4.78 is 138. The van der Waals surface area contributed by atoms with Gasteiger partial charge in [-0.25, -0.2) is 18.2 Å². The summed E-state index contributed by atoms with van der Waals surface area (Å²) >= 11 is 0. The second-order valence-electron chi connectivity index (χ2n) is 10.9. The summed E-state index contributed by atoms with van der Waals surface area (Å²) in [6.45, 7) is -3.79. The number of nitrogens with one attached hydrogen (secondary N) is 1. The van der Waals surface area contributed by atoms with E-state index in [1.807, 2.05) is 5.32 Å². The Morgan fingerprint density at radius 1 is 1.04 bits per heavy atom. The molecule has 0 saturated heterocycles. The lowest BCUT2D eigenvalue weighted by atomic mass is 9.82. The number of rotatable bonds is 8. The molecule has 2 aromatic heterocycles. The number of hydrogen-bond donors (Lipinski definition) is 2. The Hall–Kier alpha value is -4.67. The van der Waals surface area contributed by atoms with Gasteiger partial charge >= 0.3 is 12.4 Å². The molecule has 47 heavy (non-hydrogen) atoms. The largest absolute Gasteiger partial charge is 0.494 e. The van der Waals surface area contributed by atoms with Gasteiger partial charge in [0.25, 0.3) is 5.91 Å². The average Bonchev–Trinajstić information content (AvgIpc) is 3.40. The number of alkyl halides is 8. The molecule has 4 aromatic rings. The third kappa shape index (κ3) is 5.87. The smallest absolute Gasteiger partial charge is 0.424 e. The fourth-order valence-corrected chi connectivity index (χ4v) is 5.08. The van der Waals surface area contributed by atoms with E-state index in [-0.39, 0.29) is 22.9 Å². The maximum atomic E-state index is 14.7. The molecule has 1 atom stereocenters. The number of nitrogens with zero attached hydrogens (tertiary/aromatic N) is 3. The topological polar surface area (TPSA) is 106 Å². The molecule has 17 heteroatoms. The van der Waals surface area contributed by atoms with Crippen LogP contribution < -0.4 is 14.8 Å². The van der Waals surface area contributed by atoms with Crippen molar-refractivity contribution in [1.29, 1.82) is 0 Å². The molecule has 0 aliphatic carbocycles. The van der Waals surface area contributed by atoms with Gasteiger partial charge in [0.1, 0.15) is 48.5 Å². The summed E-state index contributed by atoms with van der Waals surface area (Å²) in [6.07, 6.45) is -10.9. The van der Waals surface area contributed by atoms with Crippen molar-refractivity contribution < 1.29 is 58.9 Å². The maximum absolute atomic E-state index is 14.7. The number of halogens is 9. The normalized spacial score (nSPS) is 15.6.